The van der Waals surface area contributed by atoms with Crippen LogP contribution in [0.1, 0.15) is 40.0 Å². The van der Waals surface area contributed by atoms with Gasteiger partial charge in [-0.15, -0.1) is 12.4 Å². The summed E-state index contributed by atoms with van der Waals surface area (Å²) in [7, 11) is 0. The quantitative estimate of drug-likeness (QED) is 0.771. The number of halogens is 1. The minimum Gasteiger partial charge on any atom is -0.353 e. The van der Waals surface area contributed by atoms with Crippen molar-refractivity contribution in [3.63, 3.8) is 0 Å². The monoisotopic (exact) mass is 277 g/mol. The van der Waals surface area contributed by atoms with Crippen molar-refractivity contribution in [1.82, 2.24) is 15.5 Å². The Bertz CT molecular complexity index is 230. The molecule has 0 saturated carbocycles. The first kappa shape index (κ1) is 17.7. The maximum Gasteiger partial charge on any atom is 0.234 e. The number of nitrogens with one attached hydrogen (secondary N) is 2. The van der Waals surface area contributed by atoms with E-state index in [9.17, 15) is 4.79 Å². The van der Waals surface area contributed by atoms with Gasteiger partial charge in [-0.05, 0) is 52.7 Å². The van der Waals surface area contributed by atoms with Crippen molar-refractivity contribution < 1.29 is 4.79 Å². The first-order valence-corrected chi connectivity index (χ1v) is 6.87. The van der Waals surface area contributed by atoms with Crippen LogP contribution in [0.5, 0.6) is 0 Å². The van der Waals surface area contributed by atoms with Crippen molar-refractivity contribution in [1.29, 1.82) is 0 Å². The number of hydrogen-bond acceptors (Lipinski definition) is 3. The van der Waals surface area contributed by atoms with Gasteiger partial charge in [0.15, 0.2) is 0 Å². The molecule has 1 heterocycles. The number of rotatable bonds is 6. The molecule has 0 radical (unpaired) electrons. The molecule has 0 aromatic heterocycles. The Morgan fingerprint density at radius 1 is 1.39 bits per heavy atom. The second kappa shape index (κ2) is 9.59. The lowest BCUT2D eigenvalue weighted by Crippen LogP contribution is -2.48. The van der Waals surface area contributed by atoms with Crippen molar-refractivity contribution >= 4 is 18.3 Å². The van der Waals surface area contributed by atoms with Crippen LogP contribution in [0, 0.1) is 0 Å². The third-order valence-electron chi connectivity index (χ3n) is 3.13. The van der Waals surface area contributed by atoms with E-state index in [-0.39, 0.29) is 24.4 Å². The molecule has 0 spiro atoms. The molecule has 18 heavy (non-hydrogen) atoms. The minimum atomic E-state index is 0. The van der Waals surface area contributed by atoms with E-state index in [0.717, 1.165) is 38.9 Å². The zero-order valence-electron chi connectivity index (χ0n) is 11.9. The number of nitrogens with zero attached hydrogens (tertiary/aromatic N) is 1. The molecule has 1 amide bonds. The van der Waals surface area contributed by atoms with E-state index in [0.29, 0.717) is 12.6 Å². The molecular weight excluding hydrogens is 250 g/mol. The first-order valence-electron chi connectivity index (χ1n) is 6.87. The second-order valence-electron chi connectivity index (χ2n) is 5.17. The van der Waals surface area contributed by atoms with E-state index >= 15 is 0 Å². The Balaban J connectivity index is 0.00000289. The van der Waals surface area contributed by atoms with Gasteiger partial charge in [-0.25, -0.2) is 0 Å². The van der Waals surface area contributed by atoms with Crippen LogP contribution in [0.25, 0.3) is 0 Å². The first-order chi connectivity index (χ1) is 8.13. The molecular formula is C13H28ClN3O. The lowest BCUT2D eigenvalue weighted by atomic mass is 10.0. The van der Waals surface area contributed by atoms with Gasteiger partial charge in [0.2, 0.25) is 5.91 Å². The van der Waals surface area contributed by atoms with Gasteiger partial charge in [0.25, 0.3) is 0 Å². The fourth-order valence-corrected chi connectivity index (χ4v) is 2.40. The SMILES string of the molecule is CCCN(CC(=O)NC(C)C)C1CCNCC1.Cl. The molecule has 0 aliphatic carbocycles. The van der Waals surface area contributed by atoms with E-state index in [2.05, 4.69) is 22.5 Å². The van der Waals surface area contributed by atoms with E-state index in [1.807, 2.05) is 13.8 Å². The Morgan fingerprint density at radius 2 is 2.00 bits per heavy atom. The number of hydrogen-bond donors (Lipinski definition) is 2. The predicted molar refractivity (Wildman–Crippen MR) is 78.3 cm³/mol. The molecule has 5 heteroatoms. The van der Waals surface area contributed by atoms with Gasteiger partial charge in [-0.1, -0.05) is 6.92 Å². The van der Waals surface area contributed by atoms with Crippen LogP contribution in [0.2, 0.25) is 0 Å². The van der Waals surface area contributed by atoms with Crippen molar-refractivity contribution in [3.8, 4) is 0 Å². The summed E-state index contributed by atoms with van der Waals surface area (Å²) in [5.41, 5.74) is 0. The van der Waals surface area contributed by atoms with Gasteiger partial charge in [0.05, 0.1) is 6.54 Å². The maximum absolute atomic E-state index is 11.8. The molecule has 0 atom stereocenters. The highest BCUT2D eigenvalue weighted by molar-refractivity contribution is 5.85. The summed E-state index contributed by atoms with van der Waals surface area (Å²) in [5.74, 6) is 0.159. The standard InChI is InChI=1S/C13H27N3O.ClH/c1-4-9-16(10-13(17)15-11(2)3)12-5-7-14-8-6-12;/h11-12,14H,4-10H2,1-3H3,(H,15,17);1H. The smallest absolute Gasteiger partial charge is 0.234 e. The van der Waals surface area contributed by atoms with E-state index < -0.39 is 0 Å². The van der Waals surface area contributed by atoms with Crippen molar-refractivity contribution in [2.24, 2.45) is 0 Å². The topological polar surface area (TPSA) is 44.4 Å². The molecule has 0 aromatic carbocycles. The van der Waals surface area contributed by atoms with Gasteiger partial charge in [0.1, 0.15) is 0 Å². The Kier molecular flexibility index (Phi) is 9.42. The highest BCUT2D eigenvalue weighted by atomic mass is 35.5. The predicted octanol–water partition coefficient (Wildman–Crippen LogP) is 1.40. The molecule has 2 N–H and O–H groups in total. The lowest BCUT2D eigenvalue weighted by molar-refractivity contribution is -0.123. The summed E-state index contributed by atoms with van der Waals surface area (Å²) in [6.07, 6.45) is 3.43. The molecule has 1 fully saturated rings. The molecule has 1 aliphatic rings. The number of amides is 1. The van der Waals surface area contributed by atoms with Gasteiger partial charge in [-0.3, -0.25) is 9.69 Å². The molecule has 1 saturated heterocycles. The molecule has 108 valence electrons. The number of carbonyl (C=O) groups excluding carboxylic acids is 1. The maximum atomic E-state index is 11.8. The van der Waals surface area contributed by atoms with E-state index in [4.69, 9.17) is 0 Å². The van der Waals surface area contributed by atoms with Crippen molar-refractivity contribution in [3.05, 3.63) is 0 Å². The van der Waals surface area contributed by atoms with Crippen LogP contribution < -0.4 is 10.6 Å². The molecule has 4 nitrogen and oxygen atoms in total. The Labute approximate surface area is 117 Å². The van der Waals surface area contributed by atoms with Gasteiger partial charge in [-0.2, -0.15) is 0 Å². The van der Waals surface area contributed by atoms with Crippen LogP contribution in [-0.2, 0) is 4.79 Å². The highest BCUT2D eigenvalue weighted by Gasteiger charge is 2.22. The second-order valence-corrected chi connectivity index (χ2v) is 5.17. The summed E-state index contributed by atoms with van der Waals surface area (Å²) in [4.78, 5) is 14.2. The molecule has 1 rings (SSSR count). The van der Waals surface area contributed by atoms with Crippen LogP contribution >= 0.6 is 12.4 Å². The largest absolute Gasteiger partial charge is 0.353 e. The minimum absolute atomic E-state index is 0. The fourth-order valence-electron chi connectivity index (χ4n) is 2.40. The number of piperidine rings is 1. The molecule has 0 bridgehead atoms. The van der Waals surface area contributed by atoms with Crippen LogP contribution in [0.15, 0.2) is 0 Å². The van der Waals surface area contributed by atoms with Crippen LogP contribution in [0.4, 0.5) is 0 Å². The van der Waals surface area contributed by atoms with Crippen LogP contribution in [-0.4, -0.2) is 49.1 Å². The van der Waals surface area contributed by atoms with Crippen molar-refractivity contribution in [2.45, 2.75) is 52.1 Å². The average Bonchev–Trinajstić information content (AvgIpc) is 2.28. The number of carbonyl (C=O) groups is 1. The summed E-state index contributed by atoms with van der Waals surface area (Å²) in [6.45, 7) is 9.92. The molecule has 0 aromatic rings. The highest BCUT2D eigenvalue weighted by Crippen LogP contribution is 2.11. The fraction of sp³-hybridized carbons (Fsp3) is 0.923. The summed E-state index contributed by atoms with van der Waals surface area (Å²) in [6, 6.07) is 0.813. The van der Waals surface area contributed by atoms with Gasteiger partial charge >= 0.3 is 0 Å². The van der Waals surface area contributed by atoms with Gasteiger partial charge in [0, 0.05) is 12.1 Å². The normalized spacial score (nSPS) is 16.7. The zero-order chi connectivity index (χ0) is 12.7. The summed E-state index contributed by atoms with van der Waals surface area (Å²) < 4.78 is 0. The van der Waals surface area contributed by atoms with Crippen molar-refractivity contribution in [2.75, 3.05) is 26.2 Å². The Morgan fingerprint density at radius 3 is 2.50 bits per heavy atom. The van der Waals surface area contributed by atoms with E-state index in [1.54, 1.807) is 0 Å². The zero-order valence-corrected chi connectivity index (χ0v) is 12.7. The molecule has 0 unspecified atom stereocenters. The lowest BCUT2D eigenvalue weighted by Gasteiger charge is -2.34. The van der Waals surface area contributed by atoms with Crippen LogP contribution in [0.3, 0.4) is 0 Å². The third kappa shape index (κ3) is 6.57. The third-order valence-corrected chi connectivity index (χ3v) is 3.13. The van der Waals surface area contributed by atoms with Gasteiger partial charge < -0.3 is 10.6 Å². The molecule has 1 aliphatic heterocycles. The Hall–Kier alpha value is -0.320. The summed E-state index contributed by atoms with van der Waals surface area (Å²) >= 11 is 0. The van der Waals surface area contributed by atoms with E-state index in [1.165, 1.54) is 0 Å². The summed E-state index contributed by atoms with van der Waals surface area (Å²) in [5, 5.41) is 6.34. The average molecular weight is 278 g/mol.